The van der Waals surface area contributed by atoms with Gasteiger partial charge in [-0.1, -0.05) is 30.3 Å². The zero-order valence-corrected chi connectivity index (χ0v) is 19.2. The number of carbonyl (C=O) groups is 2. The van der Waals surface area contributed by atoms with Gasteiger partial charge in [-0.25, -0.2) is 13.8 Å². The van der Waals surface area contributed by atoms with Gasteiger partial charge in [0.1, 0.15) is 5.75 Å². The van der Waals surface area contributed by atoms with Crippen LogP contribution in [0.1, 0.15) is 21.5 Å². The number of anilines is 1. The van der Waals surface area contributed by atoms with E-state index in [-0.39, 0.29) is 13.2 Å². The molecule has 0 fully saturated rings. The van der Waals surface area contributed by atoms with Gasteiger partial charge in [-0.3, -0.25) is 13.9 Å². The predicted molar refractivity (Wildman–Crippen MR) is 130 cm³/mol. The first-order valence-corrected chi connectivity index (χ1v) is 12.0. The van der Waals surface area contributed by atoms with Crippen molar-refractivity contribution in [3.05, 3.63) is 95.6 Å². The van der Waals surface area contributed by atoms with Gasteiger partial charge in [0.15, 0.2) is 6.61 Å². The van der Waals surface area contributed by atoms with E-state index in [1.54, 1.807) is 36.4 Å². The highest BCUT2D eigenvalue weighted by Crippen LogP contribution is 2.21. The first-order chi connectivity index (χ1) is 16.2. The third kappa shape index (κ3) is 7.17. The van der Waals surface area contributed by atoms with E-state index >= 15 is 0 Å². The van der Waals surface area contributed by atoms with Crippen LogP contribution in [0.25, 0.3) is 0 Å². The lowest BCUT2D eigenvalue weighted by molar-refractivity contribution is -0.119. The van der Waals surface area contributed by atoms with Crippen LogP contribution in [0, 0.1) is 0 Å². The number of hydrogen-bond donors (Lipinski definition) is 2. The Kier molecular flexibility index (Phi) is 7.99. The van der Waals surface area contributed by atoms with Crippen molar-refractivity contribution in [3.63, 3.8) is 0 Å². The molecule has 3 N–H and O–H groups in total. The summed E-state index contributed by atoms with van der Waals surface area (Å²) in [4.78, 5) is 23.1. The van der Waals surface area contributed by atoms with Crippen LogP contribution < -0.4 is 20.2 Å². The minimum atomic E-state index is -3.53. The van der Waals surface area contributed by atoms with Crippen LogP contribution >= 0.6 is 0 Å². The summed E-state index contributed by atoms with van der Waals surface area (Å²) in [6.45, 7) is -0.0294. The molecule has 0 spiro atoms. The molecule has 0 saturated heterocycles. The average molecular weight is 481 g/mol. The van der Waals surface area contributed by atoms with Crippen LogP contribution in [0.15, 0.2) is 84.0 Å². The molecule has 34 heavy (non-hydrogen) atoms. The number of carbonyl (C=O) groups excluding carboxylic acids is 2. The Hall–Kier alpha value is -4.18. The van der Waals surface area contributed by atoms with Crippen LogP contribution in [0.3, 0.4) is 0 Å². The lowest BCUT2D eigenvalue weighted by atomic mass is 10.2. The molecule has 2 amide bonds. The molecule has 9 nitrogen and oxygen atoms in total. The third-order valence-corrected chi connectivity index (χ3v) is 5.77. The molecule has 0 aromatic heterocycles. The van der Waals surface area contributed by atoms with Gasteiger partial charge in [-0.05, 0) is 59.7 Å². The predicted octanol–water partition coefficient (Wildman–Crippen LogP) is 2.28. The molecule has 3 rings (SSSR count). The normalized spacial score (nSPS) is 11.2. The van der Waals surface area contributed by atoms with Crippen molar-refractivity contribution in [1.29, 1.82) is 0 Å². The maximum absolute atomic E-state index is 12.4. The summed E-state index contributed by atoms with van der Waals surface area (Å²) < 4.78 is 31.1. The summed E-state index contributed by atoms with van der Waals surface area (Å²) in [5, 5.41) is 3.93. The van der Waals surface area contributed by atoms with Crippen LogP contribution in [0.4, 0.5) is 5.69 Å². The zero-order valence-electron chi connectivity index (χ0n) is 18.4. The zero-order chi connectivity index (χ0) is 24.6. The minimum absolute atomic E-state index is 0.182. The maximum atomic E-state index is 12.4. The second-order valence-corrected chi connectivity index (χ2v) is 9.23. The number of primary amides is 1. The van der Waals surface area contributed by atoms with E-state index in [9.17, 15) is 18.0 Å². The summed E-state index contributed by atoms with van der Waals surface area (Å²) >= 11 is 0. The summed E-state index contributed by atoms with van der Waals surface area (Å²) in [6.07, 6.45) is 2.59. The fourth-order valence-corrected chi connectivity index (χ4v) is 3.85. The highest BCUT2D eigenvalue weighted by molar-refractivity contribution is 7.92. The smallest absolute Gasteiger partial charge is 0.271 e. The lowest BCUT2D eigenvalue weighted by Gasteiger charge is -2.22. The van der Waals surface area contributed by atoms with Gasteiger partial charge in [-0.2, -0.15) is 5.10 Å². The van der Waals surface area contributed by atoms with Gasteiger partial charge < -0.3 is 10.5 Å². The number of hydrogen-bond acceptors (Lipinski definition) is 6. The number of nitrogens with two attached hydrogens (primary N) is 1. The molecule has 0 aliphatic carbocycles. The Balaban J connectivity index is 1.62. The number of benzene rings is 3. The molecule has 0 saturated carbocycles. The van der Waals surface area contributed by atoms with Crippen LogP contribution in [-0.4, -0.2) is 39.3 Å². The standard InChI is InChI=1S/C24H24N4O5S/c1-34(31,32)28(16-19-5-3-2-4-6-19)21-11-9-20(10-12-21)24(30)27-26-15-18-7-13-22(14-8-18)33-17-23(25)29/h2-15H,16-17H2,1H3,(H2,25,29)(H,27,30)/b26-15-. The van der Waals surface area contributed by atoms with Gasteiger partial charge in [0.2, 0.25) is 10.0 Å². The Morgan fingerprint density at radius 2 is 1.65 bits per heavy atom. The molecule has 10 heteroatoms. The van der Waals surface area contributed by atoms with Crippen molar-refractivity contribution >= 4 is 33.7 Å². The molecule has 0 radical (unpaired) electrons. The molecule has 0 aliphatic heterocycles. The molecule has 0 unspecified atom stereocenters. The van der Waals surface area contributed by atoms with Crippen LogP contribution in [0.2, 0.25) is 0 Å². The van der Waals surface area contributed by atoms with Crippen LogP contribution in [0.5, 0.6) is 5.75 Å². The fraction of sp³-hybridized carbons (Fsp3) is 0.125. The van der Waals surface area contributed by atoms with Crippen molar-refractivity contribution in [3.8, 4) is 5.75 Å². The van der Waals surface area contributed by atoms with E-state index < -0.39 is 21.8 Å². The molecule has 0 aliphatic rings. The van der Waals surface area contributed by atoms with Crippen LogP contribution in [-0.2, 0) is 21.4 Å². The minimum Gasteiger partial charge on any atom is -0.484 e. The topological polar surface area (TPSA) is 131 Å². The highest BCUT2D eigenvalue weighted by Gasteiger charge is 2.18. The summed E-state index contributed by atoms with van der Waals surface area (Å²) in [5.74, 6) is -0.532. The highest BCUT2D eigenvalue weighted by atomic mass is 32.2. The molecule has 0 bridgehead atoms. The van der Waals surface area contributed by atoms with E-state index in [0.29, 0.717) is 22.6 Å². The molecule has 0 atom stereocenters. The van der Waals surface area contributed by atoms with Gasteiger partial charge in [0.05, 0.1) is 24.7 Å². The fourth-order valence-electron chi connectivity index (χ4n) is 2.96. The van der Waals surface area contributed by atoms with Crippen molar-refractivity contribution in [2.24, 2.45) is 10.8 Å². The summed E-state index contributed by atoms with van der Waals surface area (Å²) in [5.41, 5.74) is 9.78. The number of nitrogens with zero attached hydrogens (tertiary/aromatic N) is 2. The monoisotopic (exact) mass is 480 g/mol. The van der Waals surface area contributed by atoms with E-state index in [2.05, 4.69) is 10.5 Å². The Morgan fingerprint density at radius 3 is 2.24 bits per heavy atom. The van der Waals surface area contributed by atoms with E-state index in [4.69, 9.17) is 10.5 Å². The quantitative estimate of drug-likeness (QED) is 0.340. The summed E-state index contributed by atoms with van der Waals surface area (Å²) in [7, 11) is -3.53. The maximum Gasteiger partial charge on any atom is 0.271 e. The SMILES string of the molecule is CS(=O)(=O)N(Cc1ccccc1)c1ccc(C(=O)N/N=C\c2ccc(OCC(N)=O)cc2)cc1. The Labute approximate surface area is 197 Å². The van der Waals surface area contributed by atoms with Gasteiger partial charge >= 0.3 is 0 Å². The Bertz CT molecular complexity index is 1260. The average Bonchev–Trinajstić information content (AvgIpc) is 2.82. The van der Waals surface area contributed by atoms with Crippen molar-refractivity contribution in [1.82, 2.24) is 5.43 Å². The molecule has 3 aromatic rings. The van der Waals surface area contributed by atoms with E-state index in [1.165, 1.54) is 22.7 Å². The number of sulfonamides is 1. The van der Waals surface area contributed by atoms with Gasteiger partial charge in [-0.15, -0.1) is 0 Å². The van der Waals surface area contributed by atoms with Crippen molar-refractivity contribution in [2.75, 3.05) is 17.2 Å². The molecule has 0 heterocycles. The molecule has 176 valence electrons. The largest absolute Gasteiger partial charge is 0.484 e. The third-order valence-electron chi connectivity index (χ3n) is 4.63. The number of hydrazone groups is 1. The number of nitrogens with one attached hydrogen (secondary N) is 1. The van der Waals surface area contributed by atoms with E-state index in [1.807, 2.05) is 30.3 Å². The number of ether oxygens (including phenoxy) is 1. The molecular formula is C24H24N4O5S. The van der Waals surface area contributed by atoms with Crippen molar-refractivity contribution in [2.45, 2.75) is 6.54 Å². The lowest BCUT2D eigenvalue weighted by Crippen LogP contribution is -2.29. The van der Waals surface area contributed by atoms with Gasteiger partial charge in [0.25, 0.3) is 11.8 Å². The van der Waals surface area contributed by atoms with Crippen molar-refractivity contribution < 1.29 is 22.7 Å². The van der Waals surface area contributed by atoms with Gasteiger partial charge in [0, 0.05) is 5.56 Å². The molecule has 3 aromatic carbocycles. The first kappa shape index (κ1) is 24.5. The second-order valence-electron chi connectivity index (χ2n) is 7.33. The second kappa shape index (κ2) is 11.1. The Morgan fingerprint density at radius 1 is 1.00 bits per heavy atom. The van der Waals surface area contributed by atoms with E-state index in [0.717, 1.165) is 11.8 Å². The summed E-state index contributed by atoms with van der Waals surface area (Å²) in [6, 6.07) is 22.2. The number of rotatable bonds is 10. The first-order valence-electron chi connectivity index (χ1n) is 10.2. The number of amides is 2. The molecular weight excluding hydrogens is 456 g/mol.